The summed E-state index contributed by atoms with van der Waals surface area (Å²) in [7, 11) is 0. The third-order valence-electron chi connectivity index (χ3n) is 4.05. The molecule has 0 unspecified atom stereocenters. The smallest absolute Gasteiger partial charge is 0.264 e. The van der Waals surface area contributed by atoms with Gasteiger partial charge in [0.25, 0.3) is 5.91 Å². The van der Waals surface area contributed by atoms with Crippen molar-refractivity contribution < 1.29 is 4.79 Å². The molecule has 0 saturated carbocycles. The molecule has 4 rings (SSSR count). The SMILES string of the molecule is Cc1ccsc1C(=O)N1CCN(c2nc3cccnc3s2)CC1. The summed E-state index contributed by atoms with van der Waals surface area (Å²) < 4.78 is 0. The number of hydrogen-bond acceptors (Lipinski definition) is 6. The normalized spacial score (nSPS) is 15.3. The van der Waals surface area contributed by atoms with Crippen LogP contribution < -0.4 is 4.90 Å². The number of aryl methyl sites for hydroxylation is 1. The largest absolute Gasteiger partial charge is 0.344 e. The minimum Gasteiger partial charge on any atom is -0.344 e. The number of aromatic nitrogens is 2. The van der Waals surface area contributed by atoms with E-state index in [-0.39, 0.29) is 5.91 Å². The fourth-order valence-electron chi connectivity index (χ4n) is 2.73. The number of rotatable bonds is 2. The van der Waals surface area contributed by atoms with Crippen LogP contribution in [-0.4, -0.2) is 47.0 Å². The van der Waals surface area contributed by atoms with Crippen LogP contribution in [0.5, 0.6) is 0 Å². The van der Waals surface area contributed by atoms with Crippen molar-refractivity contribution in [2.45, 2.75) is 6.92 Å². The highest BCUT2D eigenvalue weighted by atomic mass is 32.1. The number of pyridine rings is 1. The van der Waals surface area contributed by atoms with Gasteiger partial charge in [-0.1, -0.05) is 11.3 Å². The summed E-state index contributed by atoms with van der Waals surface area (Å²) in [6.07, 6.45) is 1.80. The van der Waals surface area contributed by atoms with Crippen molar-refractivity contribution >= 4 is 44.1 Å². The molecule has 7 heteroatoms. The van der Waals surface area contributed by atoms with Gasteiger partial charge in [-0.3, -0.25) is 4.79 Å². The number of thiophene rings is 1. The highest BCUT2D eigenvalue weighted by Crippen LogP contribution is 2.28. The number of piperazine rings is 1. The molecule has 0 spiro atoms. The number of fused-ring (bicyclic) bond motifs is 1. The Morgan fingerprint density at radius 1 is 1.22 bits per heavy atom. The van der Waals surface area contributed by atoms with Gasteiger partial charge in [-0.2, -0.15) is 0 Å². The van der Waals surface area contributed by atoms with Crippen LogP contribution in [0.1, 0.15) is 15.2 Å². The second-order valence-corrected chi connectivity index (χ2v) is 7.41. The van der Waals surface area contributed by atoms with Crippen molar-refractivity contribution in [3.05, 3.63) is 40.2 Å². The Bertz CT molecular complexity index is 816. The second kappa shape index (κ2) is 5.90. The molecule has 1 fully saturated rings. The Morgan fingerprint density at radius 2 is 2.04 bits per heavy atom. The number of hydrogen-bond donors (Lipinski definition) is 0. The van der Waals surface area contributed by atoms with Gasteiger partial charge in [0.05, 0.1) is 4.88 Å². The van der Waals surface area contributed by atoms with Crippen LogP contribution in [0.25, 0.3) is 10.3 Å². The molecule has 1 saturated heterocycles. The maximum Gasteiger partial charge on any atom is 0.264 e. The Hall–Kier alpha value is -1.99. The van der Waals surface area contributed by atoms with Gasteiger partial charge in [0.15, 0.2) is 5.13 Å². The van der Waals surface area contributed by atoms with E-state index in [1.54, 1.807) is 17.5 Å². The highest BCUT2D eigenvalue weighted by molar-refractivity contribution is 7.21. The van der Waals surface area contributed by atoms with Gasteiger partial charge in [0, 0.05) is 32.4 Å². The zero-order chi connectivity index (χ0) is 15.8. The van der Waals surface area contributed by atoms with Crippen LogP contribution in [0.4, 0.5) is 5.13 Å². The van der Waals surface area contributed by atoms with Gasteiger partial charge >= 0.3 is 0 Å². The predicted octanol–water partition coefficient (Wildman–Crippen LogP) is 3.02. The molecule has 4 heterocycles. The first-order chi connectivity index (χ1) is 11.2. The number of nitrogens with zero attached hydrogens (tertiary/aromatic N) is 4. The molecule has 1 aliphatic rings. The molecule has 0 atom stereocenters. The molecule has 3 aromatic heterocycles. The lowest BCUT2D eigenvalue weighted by Gasteiger charge is -2.34. The third-order valence-corrected chi connectivity index (χ3v) is 6.09. The Kier molecular flexibility index (Phi) is 3.74. The van der Waals surface area contributed by atoms with E-state index in [1.807, 2.05) is 35.4 Å². The summed E-state index contributed by atoms with van der Waals surface area (Å²) in [6, 6.07) is 5.90. The summed E-state index contributed by atoms with van der Waals surface area (Å²) in [6.45, 7) is 5.10. The molecule has 1 amide bonds. The number of carbonyl (C=O) groups excluding carboxylic acids is 1. The second-order valence-electron chi connectivity index (χ2n) is 5.54. The van der Waals surface area contributed by atoms with Crippen molar-refractivity contribution in [2.24, 2.45) is 0 Å². The zero-order valence-corrected chi connectivity index (χ0v) is 14.4. The number of anilines is 1. The minimum absolute atomic E-state index is 0.156. The molecule has 1 aliphatic heterocycles. The summed E-state index contributed by atoms with van der Waals surface area (Å²) in [4.78, 5) is 27.6. The van der Waals surface area contributed by atoms with Crippen molar-refractivity contribution in [2.75, 3.05) is 31.1 Å². The van der Waals surface area contributed by atoms with E-state index in [0.29, 0.717) is 0 Å². The van der Waals surface area contributed by atoms with Crippen LogP contribution in [0.2, 0.25) is 0 Å². The van der Waals surface area contributed by atoms with Crippen molar-refractivity contribution in [1.29, 1.82) is 0 Å². The van der Waals surface area contributed by atoms with E-state index in [2.05, 4.69) is 14.9 Å². The van der Waals surface area contributed by atoms with Crippen LogP contribution in [-0.2, 0) is 0 Å². The molecular formula is C16H16N4OS2. The molecule has 5 nitrogen and oxygen atoms in total. The standard InChI is InChI=1S/C16H16N4OS2/c1-11-4-10-22-13(11)15(21)19-6-8-20(9-7-19)16-18-12-3-2-5-17-14(12)23-16/h2-5,10H,6-9H2,1H3. The van der Waals surface area contributed by atoms with Gasteiger partial charge in [-0.05, 0) is 36.1 Å². The molecule has 0 bridgehead atoms. The zero-order valence-electron chi connectivity index (χ0n) is 12.7. The first-order valence-corrected chi connectivity index (χ1v) is 9.22. The van der Waals surface area contributed by atoms with Gasteiger partial charge in [0.2, 0.25) is 0 Å². The van der Waals surface area contributed by atoms with E-state index in [1.165, 1.54) is 11.3 Å². The number of thiazole rings is 1. The molecule has 23 heavy (non-hydrogen) atoms. The van der Waals surface area contributed by atoms with Crippen molar-refractivity contribution in [3.8, 4) is 0 Å². The lowest BCUT2D eigenvalue weighted by atomic mass is 10.2. The monoisotopic (exact) mass is 344 g/mol. The van der Waals surface area contributed by atoms with Gasteiger partial charge in [-0.25, -0.2) is 9.97 Å². The van der Waals surface area contributed by atoms with E-state index in [0.717, 1.165) is 52.1 Å². The molecule has 3 aromatic rings. The van der Waals surface area contributed by atoms with E-state index in [9.17, 15) is 4.79 Å². The minimum atomic E-state index is 0.156. The first-order valence-electron chi connectivity index (χ1n) is 7.52. The van der Waals surface area contributed by atoms with E-state index in [4.69, 9.17) is 0 Å². The molecular weight excluding hydrogens is 328 g/mol. The van der Waals surface area contributed by atoms with Crippen LogP contribution in [0.3, 0.4) is 0 Å². The van der Waals surface area contributed by atoms with Gasteiger partial charge in [-0.15, -0.1) is 11.3 Å². The summed E-state index contributed by atoms with van der Waals surface area (Å²) in [5.41, 5.74) is 2.01. The molecule has 118 valence electrons. The average Bonchev–Trinajstić information content (AvgIpc) is 3.20. The van der Waals surface area contributed by atoms with Gasteiger partial charge in [0.1, 0.15) is 10.3 Å². The lowest BCUT2D eigenvalue weighted by Crippen LogP contribution is -2.48. The van der Waals surface area contributed by atoms with Crippen LogP contribution >= 0.6 is 22.7 Å². The Labute approximate surface area is 142 Å². The molecule has 0 N–H and O–H groups in total. The van der Waals surface area contributed by atoms with Crippen LogP contribution in [0, 0.1) is 6.92 Å². The topological polar surface area (TPSA) is 49.3 Å². The van der Waals surface area contributed by atoms with Crippen LogP contribution in [0.15, 0.2) is 29.8 Å². The summed E-state index contributed by atoms with van der Waals surface area (Å²) in [5, 5.41) is 2.98. The van der Waals surface area contributed by atoms with Gasteiger partial charge < -0.3 is 9.80 Å². The summed E-state index contributed by atoms with van der Waals surface area (Å²) in [5.74, 6) is 0.156. The predicted molar refractivity (Wildman–Crippen MR) is 94.6 cm³/mol. The fourth-order valence-corrected chi connectivity index (χ4v) is 4.58. The quantitative estimate of drug-likeness (QED) is 0.717. The van der Waals surface area contributed by atoms with E-state index < -0.39 is 0 Å². The molecule has 0 aliphatic carbocycles. The maximum atomic E-state index is 12.6. The first kappa shape index (κ1) is 14.6. The Morgan fingerprint density at radius 3 is 2.74 bits per heavy atom. The molecule has 0 aromatic carbocycles. The number of carbonyl (C=O) groups is 1. The highest BCUT2D eigenvalue weighted by Gasteiger charge is 2.25. The Balaban J connectivity index is 1.46. The fraction of sp³-hybridized carbons (Fsp3) is 0.312. The molecule has 0 radical (unpaired) electrons. The number of amides is 1. The average molecular weight is 344 g/mol. The maximum absolute atomic E-state index is 12.6. The van der Waals surface area contributed by atoms with Crippen molar-refractivity contribution in [1.82, 2.24) is 14.9 Å². The lowest BCUT2D eigenvalue weighted by molar-refractivity contribution is 0.0751. The van der Waals surface area contributed by atoms with Crippen molar-refractivity contribution in [3.63, 3.8) is 0 Å². The van der Waals surface area contributed by atoms with E-state index >= 15 is 0 Å². The third kappa shape index (κ3) is 2.70. The summed E-state index contributed by atoms with van der Waals surface area (Å²) >= 11 is 3.14.